The van der Waals surface area contributed by atoms with Crippen molar-refractivity contribution in [2.45, 2.75) is 11.8 Å². The number of fused-ring (bicyclic) bond motifs is 1. The summed E-state index contributed by atoms with van der Waals surface area (Å²) in [5.41, 5.74) is 0.440. The molecule has 3 aromatic rings. The van der Waals surface area contributed by atoms with Gasteiger partial charge in [-0.25, -0.2) is 0 Å². The third-order valence-electron chi connectivity index (χ3n) is 4.82. The van der Waals surface area contributed by atoms with Gasteiger partial charge in [-0.05, 0) is 42.1 Å². The number of carbonyl (C=O) groups is 2. The standard InChI is InChI=1S/C21H15N3O2S/c22-14-21(18-9-5-13-27-18,17-8-3-4-11-23-17)10-12-24-19(25)15-6-1-2-7-16(15)20(24)26/h1-9,11,13H,10,12H2. The van der Waals surface area contributed by atoms with Gasteiger partial charge in [-0.1, -0.05) is 24.3 Å². The molecule has 6 heteroatoms. The Kier molecular flexibility index (Phi) is 4.30. The van der Waals surface area contributed by atoms with E-state index in [0.29, 0.717) is 16.8 Å². The zero-order chi connectivity index (χ0) is 18.9. The van der Waals surface area contributed by atoms with E-state index < -0.39 is 5.41 Å². The summed E-state index contributed by atoms with van der Waals surface area (Å²) >= 11 is 1.47. The molecule has 0 saturated carbocycles. The molecule has 0 fully saturated rings. The number of thiophene rings is 1. The fourth-order valence-electron chi connectivity index (χ4n) is 3.40. The summed E-state index contributed by atoms with van der Waals surface area (Å²) in [5, 5.41) is 12.0. The summed E-state index contributed by atoms with van der Waals surface area (Å²) in [7, 11) is 0. The number of amides is 2. The maximum absolute atomic E-state index is 12.6. The Morgan fingerprint density at radius 2 is 1.70 bits per heavy atom. The summed E-state index contributed by atoms with van der Waals surface area (Å²) < 4.78 is 0. The van der Waals surface area contributed by atoms with E-state index in [4.69, 9.17) is 0 Å². The molecule has 1 aliphatic heterocycles. The van der Waals surface area contributed by atoms with Crippen LogP contribution in [0.1, 0.15) is 37.7 Å². The van der Waals surface area contributed by atoms with Crippen LogP contribution in [0.15, 0.2) is 66.2 Å². The van der Waals surface area contributed by atoms with Crippen LogP contribution in [0.3, 0.4) is 0 Å². The Bertz CT molecular complexity index is 1010. The molecular weight excluding hydrogens is 358 g/mol. The van der Waals surface area contributed by atoms with Gasteiger partial charge >= 0.3 is 0 Å². The van der Waals surface area contributed by atoms with Crippen molar-refractivity contribution in [3.63, 3.8) is 0 Å². The molecule has 132 valence electrons. The molecule has 1 aromatic carbocycles. The number of nitrogens with zero attached hydrogens (tertiary/aromatic N) is 3. The van der Waals surface area contributed by atoms with E-state index in [9.17, 15) is 14.9 Å². The number of carbonyl (C=O) groups excluding carboxylic acids is 2. The van der Waals surface area contributed by atoms with Crippen LogP contribution in [-0.4, -0.2) is 28.2 Å². The highest BCUT2D eigenvalue weighted by atomic mass is 32.1. The van der Waals surface area contributed by atoms with Crippen LogP contribution >= 0.6 is 11.3 Å². The number of aromatic nitrogens is 1. The largest absolute Gasteiger partial charge is 0.274 e. The Balaban J connectivity index is 1.68. The van der Waals surface area contributed by atoms with E-state index >= 15 is 0 Å². The molecule has 1 atom stereocenters. The van der Waals surface area contributed by atoms with E-state index in [-0.39, 0.29) is 24.8 Å². The molecule has 0 bridgehead atoms. The molecule has 2 aromatic heterocycles. The van der Waals surface area contributed by atoms with Gasteiger partial charge in [-0.3, -0.25) is 19.5 Å². The van der Waals surface area contributed by atoms with Crippen LogP contribution in [0.25, 0.3) is 0 Å². The van der Waals surface area contributed by atoms with Crippen molar-refractivity contribution in [1.29, 1.82) is 5.26 Å². The van der Waals surface area contributed by atoms with E-state index in [1.165, 1.54) is 16.2 Å². The van der Waals surface area contributed by atoms with Gasteiger partial charge in [0.05, 0.1) is 22.9 Å². The maximum atomic E-state index is 12.6. The fourth-order valence-corrected chi connectivity index (χ4v) is 4.32. The van der Waals surface area contributed by atoms with Gasteiger partial charge in [-0.2, -0.15) is 5.26 Å². The molecule has 0 spiro atoms. The Morgan fingerprint density at radius 3 is 2.26 bits per heavy atom. The third kappa shape index (κ3) is 2.73. The first-order valence-corrected chi connectivity index (χ1v) is 9.37. The van der Waals surface area contributed by atoms with E-state index in [0.717, 1.165) is 4.88 Å². The Hall–Kier alpha value is -3.30. The quantitative estimate of drug-likeness (QED) is 0.640. The number of imide groups is 1. The lowest BCUT2D eigenvalue weighted by Gasteiger charge is -2.27. The number of benzene rings is 1. The normalized spacial score (nSPS) is 15.3. The highest BCUT2D eigenvalue weighted by Crippen LogP contribution is 2.37. The van der Waals surface area contributed by atoms with Gasteiger partial charge in [0.2, 0.25) is 0 Å². The first-order valence-electron chi connectivity index (χ1n) is 8.49. The molecule has 1 aliphatic rings. The van der Waals surface area contributed by atoms with Crippen molar-refractivity contribution in [2.75, 3.05) is 6.54 Å². The van der Waals surface area contributed by atoms with Gasteiger partial charge < -0.3 is 0 Å². The maximum Gasteiger partial charge on any atom is 0.261 e. The van der Waals surface area contributed by atoms with Crippen molar-refractivity contribution in [1.82, 2.24) is 9.88 Å². The second-order valence-electron chi connectivity index (χ2n) is 6.27. The topological polar surface area (TPSA) is 74.1 Å². The molecule has 3 heterocycles. The average Bonchev–Trinajstić information content (AvgIpc) is 3.33. The second-order valence-corrected chi connectivity index (χ2v) is 7.21. The third-order valence-corrected chi connectivity index (χ3v) is 5.86. The van der Waals surface area contributed by atoms with Crippen LogP contribution in [0.5, 0.6) is 0 Å². The number of pyridine rings is 1. The molecule has 4 rings (SSSR count). The molecule has 0 N–H and O–H groups in total. The summed E-state index contributed by atoms with van der Waals surface area (Å²) in [6.45, 7) is 0.147. The number of hydrogen-bond acceptors (Lipinski definition) is 5. The zero-order valence-electron chi connectivity index (χ0n) is 14.3. The highest BCUT2D eigenvalue weighted by molar-refractivity contribution is 7.10. The van der Waals surface area contributed by atoms with E-state index in [1.54, 1.807) is 36.5 Å². The molecule has 27 heavy (non-hydrogen) atoms. The smallest absolute Gasteiger partial charge is 0.261 e. The first kappa shape index (κ1) is 17.1. The van der Waals surface area contributed by atoms with Gasteiger partial charge in [0.25, 0.3) is 11.8 Å². The number of nitriles is 1. The van der Waals surface area contributed by atoms with Gasteiger partial charge in [0.1, 0.15) is 5.41 Å². The summed E-state index contributed by atoms with van der Waals surface area (Å²) in [4.78, 5) is 31.8. The summed E-state index contributed by atoms with van der Waals surface area (Å²) in [5.74, 6) is -0.621. The average molecular weight is 373 g/mol. The number of rotatable bonds is 5. The van der Waals surface area contributed by atoms with E-state index in [1.807, 2.05) is 29.6 Å². The van der Waals surface area contributed by atoms with Crippen LogP contribution in [0, 0.1) is 11.3 Å². The summed E-state index contributed by atoms with van der Waals surface area (Å²) in [6.07, 6.45) is 1.93. The molecule has 0 radical (unpaired) electrons. The minimum absolute atomic E-state index is 0.147. The van der Waals surface area contributed by atoms with Crippen LogP contribution in [0.4, 0.5) is 0 Å². The van der Waals surface area contributed by atoms with E-state index in [2.05, 4.69) is 11.1 Å². The first-order chi connectivity index (χ1) is 13.2. The van der Waals surface area contributed by atoms with Crippen LogP contribution in [0.2, 0.25) is 0 Å². The minimum atomic E-state index is -1.01. The monoisotopic (exact) mass is 373 g/mol. The van der Waals surface area contributed by atoms with Crippen molar-refractivity contribution >= 4 is 23.2 Å². The lowest BCUT2D eigenvalue weighted by atomic mass is 9.80. The Labute approximate surface area is 160 Å². The minimum Gasteiger partial charge on any atom is -0.274 e. The van der Waals surface area contributed by atoms with Gasteiger partial charge in [-0.15, -0.1) is 11.3 Å². The van der Waals surface area contributed by atoms with Crippen molar-refractivity contribution in [3.8, 4) is 6.07 Å². The predicted molar refractivity (Wildman–Crippen MR) is 101 cm³/mol. The highest BCUT2D eigenvalue weighted by Gasteiger charge is 2.41. The molecule has 2 amide bonds. The molecule has 0 saturated heterocycles. The molecule has 0 aliphatic carbocycles. The van der Waals surface area contributed by atoms with Crippen molar-refractivity contribution in [3.05, 3.63) is 87.9 Å². The number of hydrogen-bond donors (Lipinski definition) is 0. The molecular formula is C21H15N3O2S. The Morgan fingerprint density at radius 1 is 1.00 bits per heavy atom. The van der Waals surface area contributed by atoms with Crippen LogP contribution in [-0.2, 0) is 5.41 Å². The lowest BCUT2D eigenvalue weighted by molar-refractivity contribution is 0.0648. The second kappa shape index (κ2) is 6.78. The van der Waals surface area contributed by atoms with Crippen molar-refractivity contribution in [2.24, 2.45) is 0 Å². The molecule has 5 nitrogen and oxygen atoms in total. The van der Waals surface area contributed by atoms with Gasteiger partial charge in [0, 0.05) is 17.6 Å². The molecule has 1 unspecified atom stereocenters. The van der Waals surface area contributed by atoms with Crippen LogP contribution < -0.4 is 0 Å². The van der Waals surface area contributed by atoms with Gasteiger partial charge in [0.15, 0.2) is 0 Å². The fraction of sp³-hybridized carbons (Fsp3) is 0.143. The lowest BCUT2D eigenvalue weighted by Crippen LogP contribution is -2.36. The zero-order valence-corrected chi connectivity index (χ0v) is 15.1. The summed E-state index contributed by atoms with van der Waals surface area (Å²) in [6, 6.07) is 18.4. The SMILES string of the molecule is N#CC(CCN1C(=O)c2ccccc2C1=O)(c1ccccn1)c1cccs1. The van der Waals surface area contributed by atoms with Crippen molar-refractivity contribution < 1.29 is 9.59 Å². The predicted octanol–water partition coefficient (Wildman–Crippen LogP) is 3.64.